The quantitative estimate of drug-likeness (QED) is 0.800. The van der Waals surface area contributed by atoms with E-state index in [-0.39, 0.29) is 5.56 Å². The number of aromatic amines is 1. The lowest BCUT2D eigenvalue weighted by molar-refractivity contribution is 0.375. The SMILES string of the molecule is CC1CCCC1CCCCCc1nc2ccccc2[nH]c1=O. The molecule has 1 aromatic heterocycles. The van der Waals surface area contributed by atoms with Crippen molar-refractivity contribution in [1.29, 1.82) is 0 Å². The summed E-state index contributed by atoms with van der Waals surface area (Å²) in [5.41, 5.74) is 2.37. The fraction of sp³-hybridized carbons (Fsp3) is 0.579. The minimum absolute atomic E-state index is 0.0249. The second-order valence-electron chi connectivity index (χ2n) is 6.80. The number of aromatic nitrogens is 2. The van der Waals surface area contributed by atoms with Gasteiger partial charge in [0, 0.05) is 0 Å². The molecule has 1 N–H and O–H groups in total. The van der Waals surface area contributed by atoms with Crippen molar-refractivity contribution in [3.05, 3.63) is 40.3 Å². The fourth-order valence-electron chi connectivity index (χ4n) is 3.76. The van der Waals surface area contributed by atoms with Crippen molar-refractivity contribution in [1.82, 2.24) is 9.97 Å². The van der Waals surface area contributed by atoms with Gasteiger partial charge < -0.3 is 4.98 Å². The molecule has 1 aromatic carbocycles. The molecule has 0 bridgehead atoms. The number of para-hydroxylation sites is 2. The number of fused-ring (bicyclic) bond motifs is 1. The van der Waals surface area contributed by atoms with E-state index in [9.17, 15) is 4.79 Å². The fourth-order valence-corrected chi connectivity index (χ4v) is 3.76. The van der Waals surface area contributed by atoms with Crippen LogP contribution in [0.3, 0.4) is 0 Å². The highest BCUT2D eigenvalue weighted by atomic mass is 16.1. The molecule has 2 unspecified atom stereocenters. The molecule has 1 aliphatic carbocycles. The molecule has 0 aliphatic heterocycles. The molecule has 3 rings (SSSR count). The highest BCUT2D eigenvalue weighted by Gasteiger charge is 2.22. The summed E-state index contributed by atoms with van der Waals surface area (Å²) in [7, 11) is 0. The van der Waals surface area contributed by atoms with Crippen molar-refractivity contribution in [3.63, 3.8) is 0 Å². The van der Waals surface area contributed by atoms with E-state index in [1.54, 1.807) is 0 Å². The lowest BCUT2D eigenvalue weighted by atomic mass is 9.92. The summed E-state index contributed by atoms with van der Waals surface area (Å²) in [6.07, 6.45) is 9.98. The zero-order chi connectivity index (χ0) is 15.4. The van der Waals surface area contributed by atoms with Crippen LogP contribution < -0.4 is 5.56 Å². The van der Waals surface area contributed by atoms with E-state index < -0.39 is 0 Å². The molecule has 2 aromatic rings. The van der Waals surface area contributed by atoms with Crippen LogP contribution in [0.5, 0.6) is 0 Å². The van der Waals surface area contributed by atoms with Crippen molar-refractivity contribution < 1.29 is 0 Å². The lowest BCUT2D eigenvalue weighted by Crippen LogP contribution is -2.15. The Kier molecular flexibility index (Phi) is 4.91. The molecule has 3 nitrogen and oxygen atoms in total. The van der Waals surface area contributed by atoms with Crippen LogP contribution in [-0.2, 0) is 6.42 Å². The molecule has 3 heteroatoms. The van der Waals surface area contributed by atoms with Crippen LogP contribution in [0.1, 0.15) is 57.6 Å². The van der Waals surface area contributed by atoms with Crippen molar-refractivity contribution in [2.45, 2.75) is 58.3 Å². The van der Waals surface area contributed by atoms with Crippen LogP contribution in [0, 0.1) is 11.8 Å². The Balaban J connectivity index is 1.49. The van der Waals surface area contributed by atoms with E-state index in [0.29, 0.717) is 5.69 Å². The van der Waals surface area contributed by atoms with Crippen LogP contribution in [-0.4, -0.2) is 9.97 Å². The van der Waals surface area contributed by atoms with Gasteiger partial charge in [0.15, 0.2) is 0 Å². The minimum atomic E-state index is -0.0249. The molecule has 1 saturated carbocycles. The minimum Gasteiger partial charge on any atom is -0.319 e. The largest absolute Gasteiger partial charge is 0.319 e. The Labute approximate surface area is 132 Å². The van der Waals surface area contributed by atoms with E-state index in [1.807, 2.05) is 24.3 Å². The monoisotopic (exact) mass is 298 g/mol. The second kappa shape index (κ2) is 7.08. The molecule has 0 spiro atoms. The van der Waals surface area contributed by atoms with Gasteiger partial charge in [-0.2, -0.15) is 0 Å². The van der Waals surface area contributed by atoms with Gasteiger partial charge in [-0.1, -0.05) is 57.6 Å². The van der Waals surface area contributed by atoms with Crippen molar-refractivity contribution in [2.75, 3.05) is 0 Å². The van der Waals surface area contributed by atoms with Crippen LogP contribution in [0.15, 0.2) is 29.1 Å². The molecule has 0 radical (unpaired) electrons. The van der Waals surface area contributed by atoms with Gasteiger partial charge in [-0.05, 0) is 36.8 Å². The molecule has 0 saturated heterocycles. The zero-order valence-electron chi connectivity index (χ0n) is 13.5. The maximum atomic E-state index is 12.0. The summed E-state index contributed by atoms with van der Waals surface area (Å²) >= 11 is 0. The number of rotatable bonds is 6. The second-order valence-corrected chi connectivity index (χ2v) is 6.80. The number of unbranched alkanes of at least 4 members (excludes halogenated alkanes) is 2. The molecule has 118 valence electrons. The highest BCUT2D eigenvalue weighted by Crippen LogP contribution is 2.34. The summed E-state index contributed by atoms with van der Waals surface area (Å²) in [5, 5.41) is 0. The predicted molar refractivity (Wildman–Crippen MR) is 91.0 cm³/mol. The maximum Gasteiger partial charge on any atom is 0.270 e. The first-order valence-corrected chi connectivity index (χ1v) is 8.72. The summed E-state index contributed by atoms with van der Waals surface area (Å²) in [4.78, 5) is 19.5. The van der Waals surface area contributed by atoms with Crippen LogP contribution >= 0.6 is 0 Å². The highest BCUT2D eigenvalue weighted by molar-refractivity contribution is 5.73. The first-order valence-electron chi connectivity index (χ1n) is 8.72. The van der Waals surface area contributed by atoms with E-state index in [1.165, 1.54) is 38.5 Å². The average Bonchev–Trinajstić information content (AvgIpc) is 2.92. The van der Waals surface area contributed by atoms with Crippen molar-refractivity contribution in [3.8, 4) is 0 Å². The first kappa shape index (κ1) is 15.3. The van der Waals surface area contributed by atoms with E-state index in [2.05, 4.69) is 16.9 Å². The van der Waals surface area contributed by atoms with Crippen LogP contribution in [0.4, 0.5) is 0 Å². The number of benzene rings is 1. The molecule has 1 fully saturated rings. The van der Waals surface area contributed by atoms with E-state index in [0.717, 1.165) is 35.7 Å². The Morgan fingerprint density at radius 3 is 2.86 bits per heavy atom. The summed E-state index contributed by atoms with van der Waals surface area (Å²) in [6, 6.07) is 7.73. The molecular formula is C19H26N2O. The van der Waals surface area contributed by atoms with Gasteiger partial charge in [0.1, 0.15) is 5.69 Å². The predicted octanol–water partition coefficient (Wildman–Crippen LogP) is 4.46. The zero-order valence-corrected chi connectivity index (χ0v) is 13.5. The smallest absolute Gasteiger partial charge is 0.270 e. The summed E-state index contributed by atoms with van der Waals surface area (Å²) < 4.78 is 0. The Hall–Kier alpha value is -1.64. The topological polar surface area (TPSA) is 45.8 Å². The number of nitrogens with one attached hydrogen (secondary N) is 1. The van der Waals surface area contributed by atoms with Gasteiger partial charge in [0.2, 0.25) is 0 Å². The molecular weight excluding hydrogens is 272 g/mol. The van der Waals surface area contributed by atoms with Gasteiger partial charge in [-0.3, -0.25) is 4.79 Å². The third-order valence-corrected chi connectivity index (χ3v) is 5.20. The number of nitrogens with zero attached hydrogens (tertiary/aromatic N) is 1. The maximum absolute atomic E-state index is 12.0. The van der Waals surface area contributed by atoms with Crippen LogP contribution in [0.25, 0.3) is 11.0 Å². The molecule has 0 amide bonds. The first-order chi connectivity index (χ1) is 10.7. The van der Waals surface area contributed by atoms with Crippen molar-refractivity contribution >= 4 is 11.0 Å². The number of H-pyrrole nitrogens is 1. The van der Waals surface area contributed by atoms with Crippen LogP contribution in [0.2, 0.25) is 0 Å². The van der Waals surface area contributed by atoms with Gasteiger partial charge in [-0.25, -0.2) is 4.98 Å². The van der Waals surface area contributed by atoms with Gasteiger partial charge in [0.25, 0.3) is 5.56 Å². The lowest BCUT2D eigenvalue weighted by Gasteiger charge is -2.14. The third kappa shape index (κ3) is 3.57. The number of hydrogen-bond acceptors (Lipinski definition) is 2. The third-order valence-electron chi connectivity index (χ3n) is 5.20. The molecule has 22 heavy (non-hydrogen) atoms. The Morgan fingerprint density at radius 1 is 1.18 bits per heavy atom. The summed E-state index contributed by atoms with van der Waals surface area (Å²) in [6.45, 7) is 2.40. The molecule has 2 atom stereocenters. The standard InChI is InChI=1S/C19H26N2O/c1-14-8-7-10-15(14)9-3-2-4-13-18-19(22)21-17-12-6-5-11-16(17)20-18/h5-6,11-12,14-15H,2-4,7-10,13H2,1H3,(H,21,22). The van der Waals surface area contributed by atoms with E-state index in [4.69, 9.17) is 0 Å². The number of aryl methyl sites for hydroxylation is 1. The van der Waals surface area contributed by atoms with E-state index >= 15 is 0 Å². The molecule has 1 heterocycles. The molecule has 1 aliphatic rings. The Morgan fingerprint density at radius 2 is 2.05 bits per heavy atom. The Bertz CT molecular complexity index is 676. The average molecular weight is 298 g/mol. The van der Waals surface area contributed by atoms with Crippen molar-refractivity contribution in [2.24, 2.45) is 11.8 Å². The number of hydrogen-bond donors (Lipinski definition) is 1. The van der Waals surface area contributed by atoms with Gasteiger partial charge >= 0.3 is 0 Å². The summed E-state index contributed by atoms with van der Waals surface area (Å²) in [5.74, 6) is 1.87. The van der Waals surface area contributed by atoms with Gasteiger partial charge in [0.05, 0.1) is 11.0 Å². The van der Waals surface area contributed by atoms with Gasteiger partial charge in [-0.15, -0.1) is 0 Å². The normalized spacial score (nSPS) is 21.5.